The van der Waals surface area contributed by atoms with Crippen molar-refractivity contribution < 1.29 is 14.3 Å². The second-order valence-corrected chi connectivity index (χ2v) is 4.15. The highest BCUT2D eigenvalue weighted by Gasteiger charge is 2.27. The van der Waals surface area contributed by atoms with Gasteiger partial charge in [-0.1, -0.05) is 11.6 Å². The van der Waals surface area contributed by atoms with Crippen LogP contribution in [0.3, 0.4) is 0 Å². The number of aliphatic hydroxyl groups is 1. The highest BCUT2D eigenvalue weighted by molar-refractivity contribution is 6.31. The number of aliphatic hydroxyl groups excluding tert-OH is 1. The Bertz CT molecular complexity index is 424. The van der Waals surface area contributed by atoms with Gasteiger partial charge in [-0.15, -0.1) is 0 Å². The molecule has 1 fully saturated rings. The number of carbonyl (C=O) groups is 1. The lowest BCUT2D eigenvalue weighted by molar-refractivity contribution is -0.128. The first-order valence-electron chi connectivity index (χ1n) is 5.04. The molecule has 5 heteroatoms. The molecular formula is C11H11ClFNO2. The molecule has 0 aliphatic carbocycles. The molecule has 1 N–H and O–H groups in total. The first-order chi connectivity index (χ1) is 7.59. The molecule has 86 valence electrons. The van der Waals surface area contributed by atoms with Crippen LogP contribution in [0.2, 0.25) is 5.02 Å². The molecule has 16 heavy (non-hydrogen) atoms. The van der Waals surface area contributed by atoms with Crippen molar-refractivity contribution in [3.05, 3.63) is 29.0 Å². The summed E-state index contributed by atoms with van der Waals surface area (Å²) in [7, 11) is 0. The lowest BCUT2D eigenvalue weighted by atomic mass is 10.1. The summed E-state index contributed by atoms with van der Waals surface area (Å²) in [6.45, 7) is 0.526. The normalized spacial score (nSPS) is 21.3. The Morgan fingerprint density at radius 3 is 2.94 bits per heavy atom. The van der Waals surface area contributed by atoms with Crippen LogP contribution in [0.4, 0.5) is 10.1 Å². The number of hydrogen-bond acceptors (Lipinski definition) is 2. The van der Waals surface area contributed by atoms with Gasteiger partial charge in [0.25, 0.3) is 5.91 Å². The standard InChI is InChI=1S/C11H11ClFNO2/c12-8-6-7(3-4-9(8)13)14-5-1-2-10(15)11(14)16/h3-4,6,10,15H,1-2,5H2. The molecule has 0 spiro atoms. The van der Waals surface area contributed by atoms with Crippen LogP contribution in [-0.2, 0) is 4.79 Å². The predicted octanol–water partition coefficient (Wildman–Crippen LogP) is 1.97. The second-order valence-electron chi connectivity index (χ2n) is 3.75. The fraction of sp³-hybridized carbons (Fsp3) is 0.364. The van der Waals surface area contributed by atoms with E-state index in [2.05, 4.69) is 0 Å². The molecule has 1 amide bonds. The van der Waals surface area contributed by atoms with Gasteiger partial charge in [0.05, 0.1) is 5.02 Å². The number of amides is 1. The van der Waals surface area contributed by atoms with Crippen molar-refractivity contribution in [3.63, 3.8) is 0 Å². The van der Waals surface area contributed by atoms with Gasteiger partial charge in [0.2, 0.25) is 0 Å². The Morgan fingerprint density at radius 1 is 1.50 bits per heavy atom. The van der Waals surface area contributed by atoms with Crippen molar-refractivity contribution in [1.82, 2.24) is 0 Å². The van der Waals surface area contributed by atoms with Crippen LogP contribution in [0.25, 0.3) is 0 Å². The molecule has 1 aromatic rings. The minimum atomic E-state index is -0.961. The van der Waals surface area contributed by atoms with Crippen molar-refractivity contribution >= 4 is 23.2 Å². The summed E-state index contributed by atoms with van der Waals surface area (Å²) in [5.74, 6) is -0.871. The predicted molar refractivity (Wildman–Crippen MR) is 59.0 cm³/mol. The van der Waals surface area contributed by atoms with Gasteiger partial charge in [0, 0.05) is 12.2 Å². The second kappa shape index (κ2) is 4.39. The van der Waals surface area contributed by atoms with Gasteiger partial charge in [0.15, 0.2) is 0 Å². The van der Waals surface area contributed by atoms with Crippen LogP contribution in [0, 0.1) is 5.82 Å². The third-order valence-electron chi connectivity index (χ3n) is 2.63. The van der Waals surface area contributed by atoms with Crippen LogP contribution >= 0.6 is 11.6 Å². The van der Waals surface area contributed by atoms with Gasteiger partial charge in [-0.05, 0) is 31.0 Å². The van der Waals surface area contributed by atoms with Gasteiger partial charge >= 0.3 is 0 Å². The number of rotatable bonds is 1. The van der Waals surface area contributed by atoms with Crippen LogP contribution in [0.15, 0.2) is 18.2 Å². The van der Waals surface area contributed by atoms with Crippen LogP contribution in [0.1, 0.15) is 12.8 Å². The third kappa shape index (κ3) is 2.03. The molecule has 1 aromatic carbocycles. The van der Waals surface area contributed by atoms with E-state index in [9.17, 15) is 14.3 Å². The summed E-state index contributed by atoms with van der Waals surface area (Å²) in [5.41, 5.74) is 0.523. The zero-order valence-corrected chi connectivity index (χ0v) is 9.25. The SMILES string of the molecule is O=C1C(O)CCCN1c1ccc(F)c(Cl)c1. The topological polar surface area (TPSA) is 40.5 Å². The Morgan fingerprint density at radius 2 is 2.25 bits per heavy atom. The monoisotopic (exact) mass is 243 g/mol. The van der Waals surface area contributed by atoms with E-state index in [1.807, 2.05) is 0 Å². The number of benzene rings is 1. The van der Waals surface area contributed by atoms with Gasteiger partial charge in [-0.25, -0.2) is 4.39 Å². The average molecular weight is 244 g/mol. The lowest BCUT2D eigenvalue weighted by Gasteiger charge is -2.29. The number of nitrogens with zero attached hydrogens (tertiary/aromatic N) is 1. The smallest absolute Gasteiger partial charge is 0.255 e. The van der Waals surface area contributed by atoms with Gasteiger partial charge in [0.1, 0.15) is 11.9 Å². The first kappa shape index (κ1) is 11.4. The van der Waals surface area contributed by atoms with Gasteiger partial charge in [-0.3, -0.25) is 4.79 Å². The maximum Gasteiger partial charge on any atom is 0.255 e. The summed E-state index contributed by atoms with van der Waals surface area (Å²) in [6, 6.07) is 4.09. The quantitative estimate of drug-likeness (QED) is 0.819. The number of anilines is 1. The zero-order valence-electron chi connectivity index (χ0n) is 8.49. The molecule has 1 aliphatic rings. The fourth-order valence-corrected chi connectivity index (χ4v) is 1.94. The Hall–Kier alpha value is -1.13. The van der Waals surface area contributed by atoms with Crippen LogP contribution in [-0.4, -0.2) is 23.7 Å². The average Bonchev–Trinajstić information content (AvgIpc) is 2.26. The van der Waals surface area contributed by atoms with E-state index < -0.39 is 11.9 Å². The molecule has 1 unspecified atom stereocenters. The molecule has 0 bridgehead atoms. The summed E-state index contributed by atoms with van der Waals surface area (Å²) >= 11 is 5.64. The van der Waals surface area contributed by atoms with Crippen molar-refractivity contribution in [3.8, 4) is 0 Å². The Labute approximate surface area is 97.4 Å². The number of carbonyl (C=O) groups excluding carboxylic acids is 1. The Kier molecular flexibility index (Phi) is 3.12. The minimum absolute atomic E-state index is 0.0228. The molecule has 3 nitrogen and oxygen atoms in total. The zero-order chi connectivity index (χ0) is 11.7. The van der Waals surface area contributed by atoms with E-state index in [1.165, 1.54) is 23.1 Å². The van der Waals surface area contributed by atoms with E-state index in [0.29, 0.717) is 18.7 Å². The van der Waals surface area contributed by atoms with Crippen molar-refractivity contribution in [2.45, 2.75) is 18.9 Å². The maximum atomic E-state index is 13.0. The number of piperidine rings is 1. The summed E-state index contributed by atoms with van der Waals surface area (Å²) in [6.07, 6.45) is 0.240. The molecule has 0 radical (unpaired) electrons. The molecule has 0 saturated carbocycles. The molecule has 2 rings (SSSR count). The maximum absolute atomic E-state index is 13.0. The minimum Gasteiger partial charge on any atom is -0.383 e. The lowest BCUT2D eigenvalue weighted by Crippen LogP contribution is -2.44. The highest BCUT2D eigenvalue weighted by Crippen LogP contribution is 2.25. The van der Waals surface area contributed by atoms with Crippen LogP contribution < -0.4 is 4.90 Å². The van der Waals surface area contributed by atoms with Crippen molar-refractivity contribution in [1.29, 1.82) is 0 Å². The van der Waals surface area contributed by atoms with E-state index in [1.54, 1.807) is 0 Å². The van der Waals surface area contributed by atoms with Crippen molar-refractivity contribution in [2.24, 2.45) is 0 Å². The fourth-order valence-electron chi connectivity index (χ4n) is 1.77. The molecule has 0 aromatic heterocycles. The molecule has 1 aliphatic heterocycles. The molecule has 1 saturated heterocycles. The van der Waals surface area contributed by atoms with Crippen LogP contribution in [0.5, 0.6) is 0 Å². The molecular weight excluding hydrogens is 233 g/mol. The molecule has 1 atom stereocenters. The van der Waals surface area contributed by atoms with E-state index in [-0.39, 0.29) is 10.9 Å². The van der Waals surface area contributed by atoms with E-state index in [4.69, 9.17) is 11.6 Å². The summed E-state index contributed by atoms with van der Waals surface area (Å²) in [4.78, 5) is 13.1. The van der Waals surface area contributed by atoms with Gasteiger partial charge in [-0.2, -0.15) is 0 Å². The first-order valence-corrected chi connectivity index (χ1v) is 5.42. The van der Waals surface area contributed by atoms with E-state index in [0.717, 1.165) is 6.42 Å². The van der Waals surface area contributed by atoms with E-state index >= 15 is 0 Å². The van der Waals surface area contributed by atoms with Gasteiger partial charge < -0.3 is 10.0 Å². The van der Waals surface area contributed by atoms with Crippen molar-refractivity contribution in [2.75, 3.05) is 11.4 Å². The largest absolute Gasteiger partial charge is 0.383 e. The number of halogens is 2. The Balaban J connectivity index is 2.29. The highest BCUT2D eigenvalue weighted by atomic mass is 35.5. The summed E-state index contributed by atoms with van der Waals surface area (Å²) < 4.78 is 13.0. The third-order valence-corrected chi connectivity index (χ3v) is 2.91. The number of hydrogen-bond donors (Lipinski definition) is 1. The summed E-state index contributed by atoms with van der Waals surface area (Å²) in [5, 5.41) is 9.41. The molecule has 1 heterocycles.